The lowest BCUT2D eigenvalue weighted by atomic mass is 10.1. The summed E-state index contributed by atoms with van der Waals surface area (Å²) in [6.07, 6.45) is 0. The van der Waals surface area contributed by atoms with Gasteiger partial charge in [0.2, 0.25) is 0 Å². The lowest BCUT2D eigenvalue weighted by Gasteiger charge is -2.00. The van der Waals surface area contributed by atoms with Crippen LogP contribution in [0.1, 0.15) is 5.56 Å². The molecule has 5 heteroatoms. The van der Waals surface area contributed by atoms with E-state index in [-0.39, 0.29) is 11.3 Å². The summed E-state index contributed by atoms with van der Waals surface area (Å²) in [7, 11) is 0. The summed E-state index contributed by atoms with van der Waals surface area (Å²) >= 11 is 0. The fourth-order valence-electron chi connectivity index (χ4n) is 0.856. The summed E-state index contributed by atoms with van der Waals surface area (Å²) in [4.78, 5) is 0. The van der Waals surface area contributed by atoms with Crippen LogP contribution in [0.2, 0.25) is 0 Å². The second kappa shape index (κ2) is 3.95. The van der Waals surface area contributed by atoms with Gasteiger partial charge in [-0.15, -0.1) is 0 Å². The molecule has 0 atom stereocenters. The Kier molecular flexibility index (Phi) is 2.92. The van der Waals surface area contributed by atoms with Gasteiger partial charge in [0.15, 0.2) is 11.6 Å². The lowest BCUT2D eigenvalue weighted by molar-refractivity contribution is 0.303. The van der Waals surface area contributed by atoms with Crippen LogP contribution in [0, 0.1) is 11.6 Å². The molecule has 2 N–H and O–H groups in total. The van der Waals surface area contributed by atoms with Crippen molar-refractivity contribution in [2.75, 3.05) is 6.61 Å². The zero-order valence-electron chi connectivity index (χ0n) is 6.54. The van der Waals surface area contributed by atoms with E-state index in [0.717, 1.165) is 12.1 Å². The van der Waals surface area contributed by atoms with Crippen LogP contribution in [0.3, 0.4) is 0 Å². The first-order valence-corrected chi connectivity index (χ1v) is 3.46. The standard InChI is InChI=1S/C8H7F2NO2/c9-6-2-1-5(3-7(6)10)8(4-12)11-13/h1-3,12-13H,4H2/b11-8+. The van der Waals surface area contributed by atoms with Crippen molar-refractivity contribution in [1.29, 1.82) is 0 Å². The third kappa shape index (κ3) is 2.00. The van der Waals surface area contributed by atoms with Crippen LogP contribution >= 0.6 is 0 Å². The highest BCUT2D eigenvalue weighted by Crippen LogP contribution is 2.09. The molecule has 0 radical (unpaired) electrons. The Hall–Kier alpha value is -1.49. The Morgan fingerprint density at radius 1 is 1.31 bits per heavy atom. The first kappa shape index (κ1) is 9.60. The van der Waals surface area contributed by atoms with Crippen molar-refractivity contribution in [2.45, 2.75) is 0 Å². The molecule has 0 aliphatic heterocycles. The highest BCUT2D eigenvalue weighted by atomic mass is 19.2. The number of rotatable bonds is 2. The quantitative estimate of drug-likeness (QED) is 0.414. The van der Waals surface area contributed by atoms with Crippen molar-refractivity contribution >= 4 is 5.71 Å². The number of halogens is 2. The Morgan fingerprint density at radius 2 is 2.00 bits per heavy atom. The van der Waals surface area contributed by atoms with Crippen LogP contribution in [0.4, 0.5) is 8.78 Å². The average molecular weight is 187 g/mol. The molecule has 70 valence electrons. The first-order valence-electron chi connectivity index (χ1n) is 3.46. The molecule has 1 rings (SSSR count). The number of oxime groups is 1. The number of benzene rings is 1. The molecular formula is C8H7F2NO2. The van der Waals surface area contributed by atoms with Gasteiger partial charge in [-0.2, -0.15) is 0 Å². The largest absolute Gasteiger partial charge is 0.411 e. The smallest absolute Gasteiger partial charge is 0.159 e. The summed E-state index contributed by atoms with van der Waals surface area (Å²) in [5.41, 5.74) is 0.0304. The van der Waals surface area contributed by atoms with Gasteiger partial charge in [-0.25, -0.2) is 8.78 Å². The van der Waals surface area contributed by atoms with Gasteiger partial charge >= 0.3 is 0 Å². The van der Waals surface area contributed by atoms with Crippen molar-refractivity contribution < 1.29 is 19.1 Å². The summed E-state index contributed by atoms with van der Waals surface area (Å²) in [5.74, 6) is -2.04. The van der Waals surface area contributed by atoms with Crippen molar-refractivity contribution in [3.63, 3.8) is 0 Å². The summed E-state index contributed by atoms with van der Waals surface area (Å²) in [5, 5.41) is 19.7. The Balaban J connectivity index is 3.10. The predicted octanol–water partition coefficient (Wildman–Crippen LogP) is 1.14. The highest BCUT2D eigenvalue weighted by molar-refractivity contribution is 6.00. The maximum absolute atomic E-state index is 12.6. The zero-order valence-corrected chi connectivity index (χ0v) is 6.54. The monoisotopic (exact) mass is 187 g/mol. The molecule has 13 heavy (non-hydrogen) atoms. The molecule has 0 amide bonds. The fraction of sp³-hybridized carbons (Fsp3) is 0.125. The third-order valence-electron chi connectivity index (χ3n) is 1.52. The second-order valence-electron chi connectivity index (χ2n) is 2.33. The minimum Gasteiger partial charge on any atom is -0.411 e. The maximum Gasteiger partial charge on any atom is 0.159 e. The van der Waals surface area contributed by atoms with E-state index >= 15 is 0 Å². The van der Waals surface area contributed by atoms with E-state index < -0.39 is 18.2 Å². The number of nitrogens with zero attached hydrogens (tertiary/aromatic N) is 1. The van der Waals surface area contributed by atoms with Crippen molar-refractivity contribution in [3.05, 3.63) is 35.4 Å². The third-order valence-corrected chi connectivity index (χ3v) is 1.52. The van der Waals surface area contributed by atoms with Crippen LogP contribution in [-0.4, -0.2) is 22.6 Å². The van der Waals surface area contributed by atoms with E-state index in [1.54, 1.807) is 0 Å². The molecule has 0 fully saturated rings. The fourth-order valence-corrected chi connectivity index (χ4v) is 0.856. The normalized spacial score (nSPS) is 11.8. The Labute approximate surface area is 72.9 Å². The molecule has 0 heterocycles. The lowest BCUT2D eigenvalue weighted by Crippen LogP contribution is -2.07. The SMILES string of the molecule is OC/C(=N\O)c1ccc(F)c(F)c1. The number of hydrogen-bond acceptors (Lipinski definition) is 3. The molecule has 0 aliphatic carbocycles. The van der Waals surface area contributed by atoms with Crippen LogP contribution in [0.15, 0.2) is 23.4 Å². The molecule has 0 saturated carbocycles. The summed E-state index contributed by atoms with van der Waals surface area (Å²) in [6.45, 7) is -0.540. The topological polar surface area (TPSA) is 52.8 Å². The summed E-state index contributed by atoms with van der Waals surface area (Å²) in [6, 6.07) is 2.95. The van der Waals surface area contributed by atoms with Gasteiger partial charge in [-0.3, -0.25) is 0 Å². The van der Waals surface area contributed by atoms with E-state index in [1.165, 1.54) is 6.07 Å². The molecular weight excluding hydrogens is 180 g/mol. The van der Waals surface area contributed by atoms with Gasteiger partial charge in [-0.05, 0) is 18.2 Å². The molecule has 0 saturated heterocycles. The molecule has 0 spiro atoms. The number of hydrogen-bond donors (Lipinski definition) is 2. The Morgan fingerprint density at radius 3 is 2.46 bits per heavy atom. The van der Waals surface area contributed by atoms with E-state index in [2.05, 4.69) is 5.16 Å². The van der Waals surface area contributed by atoms with Crippen molar-refractivity contribution in [1.82, 2.24) is 0 Å². The second-order valence-corrected chi connectivity index (χ2v) is 2.33. The molecule has 1 aromatic carbocycles. The average Bonchev–Trinajstić information content (AvgIpc) is 2.13. The van der Waals surface area contributed by atoms with Gasteiger partial charge in [0.25, 0.3) is 0 Å². The van der Waals surface area contributed by atoms with E-state index in [9.17, 15) is 8.78 Å². The highest BCUT2D eigenvalue weighted by Gasteiger charge is 2.07. The van der Waals surface area contributed by atoms with Crippen molar-refractivity contribution in [3.8, 4) is 0 Å². The van der Waals surface area contributed by atoms with E-state index in [4.69, 9.17) is 10.3 Å². The van der Waals surface area contributed by atoms with Gasteiger partial charge in [0, 0.05) is 5.56 Å². The zero-order chi connectivity index (χ0) is 9.84. The van der Waals surface area contributed by atoms with Crippen molar-refractivity contribution in [2.24, 2.45) is 5.16 Å². The summed E-state index contributed by atoms with van der Waals surface area (Å²) < 4.78 is 25.0. The molecule has 0 unspecified atom stereocenters. The van der Waals surface area contributed by atoms with Gasteiger partial charge in [0.1, 0.15) is 5.71 Å². The molecule has 0 bridgehead atoms. The first-order chi connectivity index (χ1) is 6.19. The molecule has 0 aliphatic rings. The molecule has 3 nitrogen and oxygen atoms in total. The number of aliphatic hydroxyl groups is 1. The van der Waals surface area contributed by atoms with Gasteiger partial charge in [-0.1, -0.05) is 5.16 Å². The van der Waals surface area contributed by atoms with Crippen LogP contribution in [0.25, 0.3) is 0 Å². The van der Waals surface area contributed by atoms with Gasteiger partial charge < -0.3 is 10.3 Å². The number of aliphatic hydroxyl groups excluding tert-OH is 1. The molecule has 0 aromatic heterocycles. The van der Waals surface area contributed by atoms with E-state index in [0.29, 0.717) is 0 Å². The molecule has 1 aromatic rings. The Bertz CT molecular complexity index is 339. The van der Waals surface area contributed by atoms with Gasteiger partial charge in [0.05, 0.1) is 6.61 Å². The van der Waals surface area contributed by atoms with Crippen LogP contribution < -0.4 is 0 Å². The maximum atomic E-state index is 12.6. The minimum atomic E-state index is -1.05. The minimum absolute atomic E-state index is 0.112. The van der Waals surface area contributed by atoms with E-state index in [1.807, 2.05) is 0 Å². The van der Waals surface area contributed by atoms with Crippen LogP contribution in [0.5, 0.6) is 0 Å². The van der Waals surface area contributed by atoms with Crippen LogP contribution in [-0.2, 0) is 0 Å². The predicted molar refractivity (Wildman–Crippen MR) is 41.8 cm³/mol.